The molecule has 28 heavy (non-hydrogen) atoms. The Morgan fingerprint density at radius 1 is 0.964 bits per heavy atom. The van der Waals surface area contributed by atoms with Gasteiger partial charge in [-0.05, 0) is 67.1 Å². The van der Waals surface area contributed by atoms with E-state index in [-0.39, 0.29) is 11.8 Å². The maximum Gasteiger partial charge on any atom is 0.231 e. The highest BCUT2D eigenvalue weighted by atomic mass is 16.1. The molecule has 3 nitrogen and oxygen atoms in total. The van der Waals surface area contributed by atoms with Crippen LogP contribution >= 0.6 is 0 Å². The van der Waals surface area contributed by atoms with E-state index in [2.05, 4.69) is 55.3 Å². The van der Waals surface area contributed by atoms with E-state index in [0.29, 0.717) is 5.92 Å². The zero-order valence-electron chi connectivity index (χ0n) is 17.1. The molecule has 1 amide bonds. The van der Waals surface area contributed by atoms with Crippen molar-refractivity contribution >= 4 is 11.6 Å². The van der Waals surface area contributed by atoms with Gasteiger partial charge in [-0.25, -0.2) is 0 Å². The van der Waals surface area contributed by atoms with Gasteiger partial charge in [0, 0.05) is 17.6 Å². The van der Waals surface area contributed by atoms with Crippen LogP contribution < -0.4 is 5.32 Å². The molecule has 0 aliphatic heterocycles. The molecular formula is C25H28N2O. The monoisotopic (exact) mass is 372 g/mol. The summed E-state index contributed by atoms with van der Waals surface area (Å²) < 4.78 is 0. The minimum absolute atomic E-state index is 0.0480. The van der Waals surface area contributed by atoms with Crippen LogP contribution in [0.3, 0.4) is 0 Å². The molecule has 3 rings (SSSR count). The molecule has 0 aliphatic rings. The highest BCUT2D eigenvalue weighted by Crippen LogP contribution is 2.27. The number of benzene rings is 2. The summed E-state index contributed by atoms with van der Waals surface area (Å²) in [5, 5.41) is 3.10. The molecule has 0 fully saturated rings. The number of nitrogens with zero attached hydrogens (tertiary/aromatic N) is 1. The molecule has 144 valence electrons. The Morgan fingerprint density at radius 2 is 1.71 bits per heavy atom. The molecular weight excluding hydrogens is 344 g/mol. The maximum atomic E-state index is 13.0. The third kappa shape index (κ3) is 5.07. The van der Waals surface area contributed by atoms with Gasteiger partial charge in [-0.2, -0.15) is 0 Å². The fourth-order valence-electron chi connectivity index (χ4n) is 3.45. The average Bonchev–Trinajstić information content (AvgIpc) is 2.66. The lowest BCUT2D eigenvalue weighted by atomic mass is 9.88. The molecule has 2 aromatic carbocycles. The lowest BCUT2D eigenvalue weighted by Gasteiger charge is -2.20. The van der Waals surface area contributed by atoms with E-state index < -0.39 is 0 Å². The molecule has 0 saturated carbocycles. The molecule has 1 N–H and O–H groups in total. The second kappa shape index (κ2) is 8.83. The summed E-state index contributed by atoms with van der Waals surface area (Å²) in [7, 11) is 0. The van der Waals surface area contributed by atoms with E-state index in [0.717, 1.165) is 34.5 Å². The Kier molecular flexibility index (Phi) is 6.25. The molecule has 0 unspecified atom stereocenters. The second-order valence-electron chi connectivity index (χ2n) is 7.85. The number of carbonyl (C=O) groups is 1. The normalized spacial score (nSPS) is 12.0. The van der Waals surface area contributed by atoms with Gasteiger partial charge < -0.3 is 5.32 Å². The quantitative estimate of drug-likeness (QED) is 0.565. The van der Waals surface area contributed by atoms with Gasteiger partial charge in [0.25, 0.3) is 0 Å². The number of nitrogens with one attached hydrogen (secondary N) is 1. The number of aryl methyl sites for hydroxylation is 2. The number of hydrogen-bond acceptors (Lipinski definition) is 2. The first-order valence-corrected chi connectivity index (χ1v) is 9.83. The topological polar surface area (TPSA) is 42.0 Å². The molecule has 0 radical (unpaired) electrons. The highest BCUT2D eigenvalue weighted by molar-refractivity contribution is 5.96. The highest BCUT2D eigenvalue weighted by Gasteiger charge is 2.22. The standard InChI is InChI=1S/C25H28N2O/c1-17(2)14-24(22-7-5-6-18(3)15-22)25(28)27-23-10-8-20(9-11-23)21-12-13-26-19(4)16-21/h5-13,15-17,24H,14H2,1-4H3,(H,27,28)/t24-/m0/s1. The van der Waals surface area contributed by atoms with Crippen molar-refractivity contribution in [2.45, 2.75) is 40.0 Å². The van der Waals surface area contributed by atoms with Gasteiger partial charge in [0.2, 0.25) is 5.91 Å². The number of carbonyl (C=O) groups excluding carboxylic acids is 1. The summed E-state index contributed by atoms with van der Waals surface area (Å²) >= 11 is 0. The second-order valence-corrected chi connectivity index (χ2v) is 7.85. The first-order chi connectivity index (χ1) is 13.4. The lowest BCUT2D eigenvalue weighted by molar-refractivity contribution is -0.117. The number of anilines is 1. The predicted octanol–water partition coefficient (Wildman–Crippen LogP) is 6.13. The SMILES string of the molecule is Cc1cccc([C@H](CC(C)C)C(=O)Nc2ccc(-c3ccnc(C)c3)cc2)c1. The molecule has 0 aliphatic carbocycles. The van der Waals surface area contributed by atoms with Crippen LogP contribution in [0.4, 0.5) is 5.69 Å². The largest absolute Gasteiger partial charge is 0.326 e. The smallest absolute Gasteiger partial charge is 0.231 e. The molecule has 3 heteroatoms. The summed E-state index contributed by atoms with van der Waals surface area (Å²) in [5.41, 5.74) is 6.31. The molecule has 1 atom stereocenters. The van der Waals surface area contributed by atoms with Gasteiger partial charge in [0.15, 0.2) is 0 Å². The van der Waals surface area contributed by atoms with Crippen molar-refractivity contribution in [2.24, 2.45) is 5.92 Å². The average molecular weight is 373 g/mol. The van der Waals surface area contributed by atoms with Crippen molar-refractivity contribution in [3.63, 3.8) is 0 Å². The first kappa shape index (κ1) is 19.8. The number of pyridine rings is 1. The lowest BCUT2D eigenvalue weighted by Crippen LogP contribution is -2.22. The Balaban J connectivity index is 1.77. The van der Waals surface area contributed by atoms with Gasteiger partial charge in [0.1, 0.15) is 0 Å². The van der Waals surface area contributed by atoms with Crippen LogP contribution in [0.2, 0.25) is 0 Å². The summed E-state index contributed by atoms with van der Waals surface area (Å²) in [5.74, 6) is 0.336. The molecule has 0 bridgehead atoms. The molecule has 1 heterocycles. The van der Waals surface area contributed by atoms with Gasteiger partial charge >= 0.3 is 0 Å². The van der Waals surface area contributed by atoms with E-state index in [1.807, 2.05) is 49.5 Å². The van der Waals surface area contributed by atoms with Crippen LogP contribution in [0.5, 0.6) is 0 Å². The molecule has 3 aromatic rings. The Hall–Kier alpha value is -2.94. The number of amides is 1. The van der Waals surface area contributed by atoms with Crippen LogP contribution in [0.1, 0.15) is 43.0 Å². The van der Waals surface area contributed by atoms with Gasteiger partial charge in [-0.15, -0.1) is 0 Å². The molecule has 0 spiro atoms. The van der Waals surface area contributed by atoms with Gasteiger partial charge in [-0.1, -0.05) is 55.8 Å². The minimum Gasteiger partial charge on any atom is -0.326 e. The van der Waals surface area contributed by atoms with Crippen molar-refractivity contribution in [1.29, 1.82) is 0 Å². The zero-order chi connectivity index (χ0) is 20.1. The van der Waals surface area contributed by atoms with Crippen LogP contribution in [0.15, 0.2) is 66.9 Å². The molecule has 1 aromatic heterocycles. The fourth-order valence-corrected chi connectivity index (χ4v) is 3.45. The van der Waals surface area contributed by atoms with Crippen LogP contribution in [0, 0.1) is 19.8 Å². The zero-order valence-corrected chi connectivity index (χ0v) is 17.1. The number of rotatable bonds is 6. The van der Waals surface area contributed by atoms with Crippen molar-refractivity contribution in [3.05, 3.63) is 83.7 Å². The minimum atomic E-state index is -0.151. The van der Waals surface area contributed by atoms with Crippen molar-refractivity contribution < 1.29 is 4.79 Å². The Bertz CT molecular complexity index is 945. The van der Waals surface area contributed by atoms with Crippen LogP contribution in [-0.2, 0) is 4.79 Å². The summed E-state index contributed by atoms with van der Waals surface area (Å²) in [6.45, 7) is 8.36. The van der Waals surface area contributed by atoms with Crippen molar-refractivity contribution in [3.8, 4) is 11.1 Å². The fraction of sp³-hybridized carbons (Fsp3) is 0.280. The van der Waals surface area contributed by atoms with E-state index >= 15 is 0 Å². The van der Waals surface area contributed by atoms with Crippen molar-refractivity contribution in [2.75, 3.05) is 5.32 Å². The van der Waals surface area contributed by atoms with Crippen LogP contribution in [0.25, 0.3) is 11.1 Å². The summed E-state index contributed by atoms with van der Waals surface area (Å²) in [6.07, 6.45) is 2.64. The first-order valence-electron chi connectivity index (χ1n) is 9.83. The number of hydrogen-bond donors (Lipinski definition) is 1. The summed E-state index contributed by atoms with van der Waals surface area (Å²) in [6, 6.07) is 20.3. The van der Waals surface area contributed by atoms with Crippen molar-refractivity contribution in [1.82, 2.24) is 4.98 Å². The van der Waals surface area contributed by atoms with Crippen LogP contribution in [-0.4, -0.2) is 10.9 Å². The number of aromatic nitrogens is 1. The van der Waals surface area contributed by atoms with Gasteiger partial charge in [-0.3, -0.25) is 9.78 Å². The van der Waals surface area contributed by atoms with E-state index in [9.17, 15) is 4.79 Å². The van der Waals surface area contributed by atoms with E-state index in [1.165, 1.54) is 5.56 Å². The van der Waals surface area contributed by atoms with Gasteiger partial charge in [0.05, 0.1) is 5.92 Å². The maximum absolute atomic E-state index is 13.0. The predicted molar refractivity (Wildman–Crippen MR) is 116 cm³/mol. The molecule has 0 saturated heterocycles. The Labute approximate surface area is 167 Å². The third-order valence-electron chi connectivity index (χ3n) is 4.85. The Morgan fingerprint density at radius 3 is 2.36 bits per heavy atom. The van der Waals surface area contributed by atoms with E-state index in [1.54, 1.807) is 0 Å². The van der Waals surface area contributed by atoms with E-state index in [4.69, 9.17) is 0 Å². The third-order valence-corrected chi connectivity index (χ3v) is 4.85. The summed E-state index contributed by atoms with van der Waals surface area (Å²) in [4.78, 5) is 17.3.